The molecule has 2 amide bonds. The maximum Gasteiger partial charge on any atom is 0.243 e. The van der Waals surface area contributed by atoms with Crippen molar-refractivity contribution in [2.24, 2.45) is 0 Å². The Morgan fingerprint density at radius 3 is 2.70 bits per heavy atom. The zero-order valence-corrected chi connectivity index (χ0v) is 17.3. The highest BCUT2D eigenvalue weighted by Gasteiger charge is 2.41. The summed E-state index contributed by atoms with van der Waals surface area (Å²) in [5.41, 5.74) is 8.69. The first kappa shape index (κ1) is 20.3. The fourth-order valence-electron chi connectivity index (χ4n) is 4.35. The van der Waals surface area contributed by atoms with Crippen molar-refractivity contribution in [1.29, 1.82) is 0 Å². The quantitative estimate of drug-likeness (QED) is 0.701. The molecule has 30 heavy (non-hydrogen) atoms. The molecule has 7 heteroatoms. The van der Waals surface area contributed by atoms with Crippen molar-refractivity contribution in [2.75, 3.05) is 18.8 Å². The molecular formula is C23H29N5O2. The van der Waals surface area contributed by atoms with Crippen LogP contribution in [0.5, 0.6) is 0 Å². The number of carbonyl (C=O) groups excluding carboxylic acids is 2. The van der Waals surface area contributed by atoms with Crippen molar-refractivity contribution < 1.29 is 9.59 Å². The van der Waals surface area contributed by atoms with Gasteiger partial charge in [0, 0.05) is 18.8 Å². The Balaban J connectivity index is 1.34. The van der Waals surface area contributed by atoms with Crippen LogP contribution in [-0.4, -0.2) is 46.9 Å². The number of nitrogens with two attached hydrogens (primary N) is 1. The van der Waals surface area contributed by atoms with Crippen LogP contribution < -0.4 is 16.4 Å². The van der Waals surface area contributed by atoms with E-state index in [9.17, 15) is 9.59 Å². The van der Waals surface area contributed by atoms with Gasteiger partial charge >= 0.3 is 0 Å². The van der Waals surface area contributed by atoms with E-state index in [1.165, 1.54) is 5.56 Å². The van der Waals surface area contributed by atoms with Crippen molar-refractivity contribution in [3.63, 3.8) is 0 Å². The van der Waals surface area contributed by atoms with Crippen LogP contribution in [-0.2, 0) is 16.1 Å². The summed E-state index contributed by atoms with van der Waals surface area (Å²) in [6, 6.07) is 13.3. The molecule has 3 atom stereocenters. The van der Waals surface area contributed by atoms with E-state index < -0.39 is 6.04 Å². The number of rotatable bonds is 5. The summed E-state index contributed by atoms with van der Waals surface area (Å²) in [5, 5.41) is 6.30. The number of anilines is 1. The van der Waals surface area contributed by atoms with Crippen molar-refractivity contribution in [3.05, 3.63) is 59.3 Å². The van der Waals surface area contributed by atoms with Gasteiger partial charge in [0.2, 0.25) is 11.8 Å². The van der Waals surface area contributed by atoms with Crippen LogP contribution >= 0.6 is 0 Å². The molecule has 3 heterocycles. The third-order valence-corrected chi connectivity index (χ3v) is 6.25. The van der Waals surface area contributed by atoms with Crippen LogP contribution in [0.15, 0.2) is 42.5 Å². The van der Waals surface area contributed by atoms with Crippen LogP contribution in [0.25, 0.3) is 0 Å². The SMILES string of the molecule is Cc1nc(N)ccc1CNC(=O)C1CCN1C(=O)[C@H]1C[C@@H](c2ccccc2)CCN1. The lowest BCUT2D eigenvalue weighted by Crippen LogP contribution is -2.62. The number of nitrogen functional groups attached to an aromatic ring is 1. The molecule has 2 saturated heterocycles. The van der Waals surface area contributed by atoms with Crippen LogP contribution in [0.2, 0.25) is 0 Å². The van der Waals surface area contributed by atoms with Crippen LogP contribution in [0.4, 0.5) is 5.82 Å². The predicted molar refractivity (Wildman–Crippen MR) is 116 cm³/mol. The fraction of sp³-hybridized carbons (Fsp3) is 0.435. The minimum Gasteiger partial charge on any atom is -0.384 e. The average Bonchev–Trinajstić information content (AvgIpc) is 2.73. The zero-order valence-electron chi connectivity index (χ0n) is 17.3. The molecule has 0 saturated carbocycles. The second-order valence-electron chi connectivity index (χ2n) is 8.17. The second kappa shape index (κ2) is 8.83. The molecule has 0 bridgehead atoms. The van der Waals surface area contributed by atoms with E-state index in [2.05, 4.69) is 27.8 Å². The van der Waals surface area contributed by atoms with Gasteiger partial charge in [0.25, 0.3) is 0 Å². The smallest absolute Gasteiger partial charge is 0.243 e. The molecule has 2 aromatic rings. The molecule has 4 N–H and O–H groups in total. The molecule has 2 fully saturated rings. The maximum atomic E-state index is 13.1. The number of piperidine rings is 1. The van der Waals surface area contributed by atoms with E-state index in [0.717, 1.165) is 30.6 Å². The Hall–Kier alpha value is -2.93. The fourth-order valence-corrected chi connectivity index (χ4v) is 4.35. The Kier molecular flexibility index (Phi) is 5.99. The largest absolute Gasteiger partial charge is 0.384 e. The standard InChI is InChI=1S/C23H29N5O2/c1-15-18(7-8-21(24)27-15)14-26-22(29)20-10-12-28(20)23(30)19-13-17(9-11-25-19)16-5-3-2-4-6-16/h2-8,17,19-20,25H,9-14H2,1H3,(H2,24,27)(H,26,29)/t17-,19+,20?/m0/s1. The number of likely N-dealkylation sites (tertiary alicyclic amines) is 1. The monoisotopic (exact) mass is 407 g/mol. The van der Waals surface area contributed by atoms with Gasteiger partial charge in [-0.1, -0.05) is 36.4 Å². The molecule has 2 aliphatic rings. The summed E-state index contributed by atoms with van der Waals surface area (Å²) in [4.78, 5) is 31.7. The predicted octanol–water partition coefficient (Wildman–Crippen LogP) is 1.73. The summed E-state index contributed by atoms with van der Waals surface area (Å²) in [6.07, 6.45) is 2.49. The molecule has 0 spiro atoms. The summed E-state index contributed by atoms with van der Waals surface area (Å²) in [5.74, 6) is 0.761. The van der Waals surface area contributed by atoms with E-state index in [1.807, 2.05) is 31.2 Å². The number of hydrogen-bond donors (Lipinski definition) is 3. The summed E-state index contributed by atoms with van der Waals surface area (Å²) in [6.45, 7) is 3.70. The number of pyridine rings is 1. The van der Waals surface area contributed by atoms with Gasteiger partial charge in [-0.3, -0.25) is 9.59 Å². The number of amides is 2. The molecule has 1 unspecified atom stereocenters. The first-order valence-corrected chi connectivity index (χ1v) is 10.6. The molecule has 7 nitrogen and oxygen atoms in total. The number of benzene rings is 1. The Labute approximate surface area is 177 Å². The zero-order chi connectivity index (χ0) is 21.1. The van der Waals surface area contributed by atoms with Crippen molar-refractivity contribution in [2.45, 2.75) is 50.7 Å². The van der Waals surface area contributed by atoms with Gasteiger partial charge < -0.3 is 21.3 Å². The molecule has 2 aliphatic heterocycles. The Morgan fingerprint density at radius 2 is 2.00 bits per heavy atom. The normalized spacial score (nSPS) is 23.5. The Morgan fingerprint density at radius 1 is 1.20 bits per heavy atom. The lowest BCUT2D eigenvalue weighted by molar-refractivity contribution is -0.149. The molecule has 0 radical (unpaired) electrons. The van der Waals surface area contributed by atoms with Gasteiger partial charge in [-0.15, -0.1) is 0 Å². The second-order valence-corrected chi connectivity index (χ2v) is 8.17. The molecule has 1 aromatic heterocycles. The number of aromatic nitrogens is 1. The van der Waals surface area contributed by atoms with Crippen molar-refractivity contribution in [3.8, 4) is 0 Å². The highest BCUT2D eigenvalue weighted by Crippen LogP contribution is 2.29. The third-order valence-electron chi connectivity index (χ3n) is 6.25. The van der Waals surface area contributed by atoms with Crippen LogP contribution in [0.3, 0.4) is 0 Å². The number of aryl methyl sites for hydroxylation is 1. The van der Waals surface area contributed by atoms with Gasteiger partial charge in [-0.05, 0) is 55.8 Å². The summed E-state index contributed by atoms with van der Waals surface area (Å²) in [7, 11) is 0. The number of nitrogens with zero attached hydrogens (tertiary/aromatic N) is 2. The van der Waals surface area contributed by atoms with Crippen molar-refractivity contribution >= 4 is 17.6 Å². The molecule has 158 valence electrons. The Bertz CT molecular complexity index is 917. The molecule has 0 aliphatic carbocycles. The first-order valence-electron chi connectivity index (χ1n) is 10.6. The van der Waals surface area contributed by atoms with E-state index in [0.29, 0.717) is 31.2 Å². The number of nitrogens with one attached hydrogen (secondary N) is 2. The van der Waals surface area contributed by atoms with Crippen LogP contribution in [0, 0.1) is 6.92 Å². The first-order chi connectivity index (χ1) is 14.5. The summed E-state index contributed by atoms with van der Waals surface area (Å²) < 4.78 is 0. The molecule has 4 rings (SSSR count). The summed E-state index contributed by atoms with van der Waals surface area (Å²) >= 11 is 0. The van der Waals surface area contributed by atoms with E-state index in [-0.39, 0.29) is 17.9 Å². The highest BCUT2D eigenvalue weighted by molar-refractivity contribution is 5.91. The minimum atomic E-state index is -0.390. The van der Waals surface area contributed by atoms with Gasteiger partial charge in [-0.2, -0.15) is 0 Å². The highest BCUT2D eigenvalue weighted by atomic mass is 16.2. The van der Waals surface area contributed by atoms with E-state index >= 15 is 0 Å². The lowest BCUT2D eigenvalue weighted by Gasteiger charge is -2.43. The van der Waals surface area contributed by atoms with Gasteiger partial charge in [0.05, 0.1) is 6.04 Å². The third kappa shape index (κ3) is 4.31. The number of hydrogen-bond acceptors (Lipinski definition) is 5. The van der Waals surface area contributed by atoms with Gasteiger partial charge in [0.1, 0.15) is 11.9 Å². The maximum absolute atomic E-state index is 13.1. The molecular weight excluding hydrogens is 378 g/mol. The topological polar surface area (TPSA) is 100 Å². The number of carbonyl (C=O) groups is 2. The molecule has 1 aromatic carbocycles. The van der Waals surface area contributed by atoms with Crippen molar-refractivity contribution in [1.82, 2.24) is 20.5 Å². The minimum absolute atomic E-state index is 0.0346. The van der Waals surface area contributed by atoms with Crippen LogP contribution in [0.1, 0.15) is 42.0 Å². The lowest BCUT2D eigenvalue weighted by atomic mass is 9.85. The van der Waals surface area contributed by atoms with Gasteiger partial charge in [0.15, 0.2) is 0 Å². The van der Waals surface area contributed by atoms with E-state index in [1.54, 1.807) is 11.0 Å². The average molecular weight is 408 g/mol. The van der Waals surface area contributed by atoms with E-state index in [4.69, 9.17) is 5.73 Å². The van der Waals surface area contributed by atoms with Gasteiger partial charge in [-0.25, -0.2) is 4.98 Å².